The van der Waals surface area contributed by atoms with Crippen molar-refractivity contribution in [1.82, 2.24) is 5.32 Å². The van der Waals surface area contributed by atoms with Crippen LogP contribution in [-0.4, -0.2) is 25.7 Å². The molecule has 3 heteroatoms. The Kier molecular flexibility index (Phi) is 5.23. The van der Waals surface area contributed by atoms with Gasteiger partial charge in [0.1, 0.15) is 0 Å². The second kappa shape index (κ2) is 7.15. The van der Waals surface area contributed by atoms with E-state index < -0.39 is 0 Å². The molecular weight excluding hydrogens is 324 g/mol. The maximum atomic E-state index is 3.83. The standard InChI is InChI=1S/C18H27BrN2/c1-14-7-5-10-17(18(14)19)21-12-6-11-20-16(13-21)15-8-3-2-4-9-15/h5,7,10,15-16,20H,2-4,6,8-9,11-13H2,1H3. The molecule has 0 spiro atoms. The summed E-state index contributed by atoms with van der Waals surface area (Å²) in [6.45, 7) is 5.67. The fourth-order valence-electron chi connectivity index (χ4n) is 3.90. The summed E-state index contributed by atoms with van der Waals surface area (Å²) >= 11 is 3.80. The van der Waals surface area contributed by atoms with Crippen molar-refractivity contribution in [3.8, 4) is 0 Å². The normalized spacial score (nSPS) is 24.9. The van der Waals surface area contributed by atoms with E-state index >= 15 is 0 Å². The van der Waals surface area contributed by atoms with Gasteiger partial charge in [0.25, 0.3) is 0 Å². The molecule has 2 aliphatic rings. The van der Waals surface area contributed by atoms with Crippen LogP contribution >= 0.6 is 15.9 Å². The van der Waals surface area contributed by atoms with Crippen LogP contribution in [0.25, 0.3) is 0 Å². The highest BCUT2D eigenvalue weighted by Crippen LogP contribution is 2.32. The fourth-order valence-corrected chi connectivity index (χ4v) is 4.41. The molecule has 3 rings (SSSR count). The molecule has 1 aliphatic carbocycles. The molecular formula is C18H27BrN2. The average molecular weight is 351 g/mol. The van der Waals surface area contributed by atoms with Gasteiger partial charge in [0.2, 0.25) is 0 Å². The minimum absolute atomic E-state index is 0.667. The predicted octanol–water partition coefficient (Wildman–Crippen LogP) is 4.51. The maximum absolute atomic E-state index is 3.83. The number of aryl methyl sites for hydroxylation is 1. The Balaban J connectivity index is 1.76. The van der Waals surface area contributed by atoms with Gasteiger partial charge in [-0.2, -0.15) is 0 Å². The van der Waals surface area contributed by atoms with Gasteiger partial charge in [0.15, 0.2) is 0 Å². The molecule has 21 heavy (non-hydrogen) atoms. The molecule has 1 aliphatic heterocycles. The average Bonchev–Trinajstić information content (AvgIpc) is 2.77. The Morgan fingerprint density at radius 1 is 1.14 bits per heavy atom. The van der Waals surface area contributed by atoms with Crippen LogP contribution in [0, 0.1) is 12.8 Å². The molecule has 2 fully saturated rings. The largest absolute Gasteiger partial charge is 0.369 e. The summed E-state index contributed by atoms with van der Waals surface area (Å²) in [5.74, 6) is 0.878. The summed E-state index contributed by atoms with van der Waals surface area (Å²) < 4.78 is 1.27. The molecule has 1 atom stereocenters. The summed E-state index contributed by atoms with van der Waals surface area (Å²) in [4.78, 5) is 2.59. The molecule has 1 saturated heterocycles. The number of hydrogen-bond donors (Lipinski definition) is 1. The first kappa shape index (κ1) is 15.4. The Morgan fingerprint density at radius 3 is 2.76 bits per heavy atom. The lowest BCUT2D eigenvalue weighted by atomic mass is 9.83. The highest BCUT2D eigenvalue weighted by Gasteiger charge is 2.27. The van der Waals surface area contributed by atoms with Crippen LogP contribution in [0.2, 0.25) is 0 Å². The Hall–Kier alpha value is -0.540. The van der Waals surface area contributed by atoms with Gasteiger partial charge in [-0.05, 0) is 66.2 Å². The van der Waals surface area contributed by atoms with E-state index in [0.29, 0.717) is 6.04 Å². The van der Waals surface area contributed by atoms with E-state index in [-0.39, 0.29) is 0 Å². The molecule has 2 nitrogen and oxygen atoms in total. The molecule has 1 saturated carbocycles. The SMILES string of the molecule is Cc1cccc(N2CCCNC(C3CCCCC3)C2)c1Br. The van der Waals surface area contributed by atoms with Crippen LogP contribution in [-0.2, 0) is 0 Å². The Morgan fingerprint density at radius 2 is 1.95 bits per heavy atom. The second-order valence-electron chi connectivity index (χ2n) is 6.67. The fraction of sp³-hybridized carbons (Fsp3) is 0.667. The molecule has 0 bridgehead atoms. The van der Waals surface area contributed by atoms with Crippen molar-refractivity contribution in [2.45, 2.75) is 51.5 Å². The van der Waals surface area contributed by atoms with Crippen LogP contribution in [0.4, 0.5) is 5.69 Å². The number of halogens is 1. The lowest BCUT2D eigenvalue weighted by Crippen LogP contribution is -2.43. The van der Waals surface area contributed by atoms with Crippen LogP contribution in [0.15, 0.2) is 22.7 Å². The van der Waals surface area contributed by atoms with E-state index in [9.17, 15) is 0 Å². The van der Waals surface area contributed by atoms with E-state index in [1.165, 1.54) is 60.8 Å². The minimum Gasteiger partial charge on any atom is -0.369 e. The number of anilines is 1. The summed E-state index contributed by atoms with van der Waals surface area (Å²) in [7, 11) is 0. The highest BCUT2D eigenvalue weighted by molar-refractivity contribution is 9.10. The summed E-state index contributed by atoms with van der Waals surface area (Å²) in [5.41, 5.74) is 2.71. The lowest BCUT2D eigenvalue weighted by molar-refractivity contribution is 0.277. The van der Waals surface area contributed by atoms with E-state index in [0.717, 1.165) is 19.0 Å². The Labute approximate surface area is 137 Å². The topological polar surface area (TPSA) is 15.3 Å². The molecule has 1 aromatic rings. The molecule has 0 amide bonds. The van der Waals surface area contributed by atoms with Gasteiger partial charge in [-0.1, -0.05) is 31.4 Å². The van der Waals surface area contributed by atoms with Crippen molar-refractivity contribution in [2.75, 3.05) is 24.5 Å². The molecule has 1 unspecified atom stereocenters. The van der Waals surface area contributed by atoms with Crippen molar-refractivity contribution < 1.29 is 0 Å². The quantitative estimate of drug-likeness (QED) is 0.844. The summed E-state index contributed by atoms with van der Waals surface area (Å²) in [6.07, 6.45) is 8.37. The molecule has 1 heterocycles. The predicted molar refractivity (Wildman–Crippen MR) is 94.1 cm³/mol. The van der Waals surface area contributed by atoms with E-state index in [4.69, 9.17) is 0 Å². The first-order valence-corrected chi connectivity index (χ1v) is 9.28. The maximum Gasteiger partial charge on any atom is 0.0513 e. The Bertz CT molecular complexity index is 468. The monoisotopic (exact) mass is 350 g/mol. The number of rotatable bonds is 2. The van der Waals surface area contributed by atoms with Gasteiger partial charge in [0.05, 0.1) is 5.69 Å². The van der Waals surface area contributed by atoms with Gasteiger partial charge < -0.3 is 10.2 Å². The van der Waals surface area contributed by atoms with E-state index in [1.807, 2.05) is 0 Å². The number of nitrogens with one attached hydrogen (secondary N) is 1. The van der Waals surface area contributed by atoms with Crippen LogP contribution in [0.5, 0.6) is 0 Å². The van der Waals surface area contributed by atoms with E-state index in [2.05, 4.69) is 51.3 Å². The van der Waals surface area contributed by atoms with Crippen molar-refractivity contribution >= 4 is 21.6 Å². The third kappa shape index (κ3) is 3.62. The van der Waals surface area contributed by atoms with Gasteiger partial charge >= 0.3 is 0 Å². The smallest absolute Gasteiger partial charge is 0.0513 e. The lowest BCUT2D eigenvalue weighted by Gasteiger charge is -2.34. The van der Waals surface area contributed by atoms with Crippen LogP contribution in [0.1, 0.15) is 44.1 Å². The zero-order chi connectivity index (χ0) is 14.7. The van der Waals surface area contributed by atoms with Crippen molar-refractivity contribution in [1.29, 1.82) is 0 Å². The zero-order valence-corrected chi connectivity index (χ0v) is 14.7. The van der Waals surface area contributed by atoms with Gasteiger partial charge in [-0.3, -0.25) is 0 Å². The number of hydrogen-bond acceptors (Lipinski definition) is 2. The first-order valence-electron chi connectivity index (χ1n) is 8.49. The summed E-state index contributed by atoms with van der Waals surface area (Å²) in [6, 6.07) is 7.30. The van der Waals surface area contributed by atoms with Crippen LogP contribution < -0.4 is 10.2 Å². The van der Waals surface area contributed by atoms with Crippen molar-refractivity contribution in [3.05, 3.63) is 28.2 Å². The zero-order valence-electron chi connectivity index (χ0n) is 13.1. The van der Waals surface area contributed by atoms with E-state index in [1.54, 1.807) is 0 Å². The van der Waals surface area contributed by atoms with Crippen molar-refractivity contribution in [2.24, 2.45) is 5.92 Å². The molecule has 1 aromatic carbocycles. The summed E-state index contributed by atoms with van der Waals surface area (Å²) in [5, 5.41) is 3.83. The molecule has 1 N–H and O–H groups in total. The third-order valence-electron chi connectivity index (χ3n) is 5.16. The molecule has 116 valence electrons. The van der Waals surface area contributed by atoms with Gasteiger partial charge in [0, 0.05) is 23.6 Å². The number of benzene rings is 1. The number of nitrogens with zero attached hydrogens (tertiary/aromatic N) is 1. The highest BCUT2D eigenvalue weighted by atomic mass is 79.9. The van der Waals surface area contributed by atoms with Gasteiger partial charge in [-0.25, -0.2) is 0 Å². The van der Waals surface area contributed by atoms with Gasteiger partial charge in [-0.15, -0.1) is 0 Å². The van der Waals surface area contributed by atoms with Crippen molar-refractivity contribution in [3.63, 3.8) is 0 Å². The first-order chi connectivity index (χ1) is 10.3. The molecule has 0 radical (unpaired) electrons. The van der Waals surface area contributed by atoms with Crippen LogP contribution in [0.3, 0.4) is 0 Å². The molecule has 0 aromatic heterocycles. The second-order valence-corrected chi connectivity index (χ2v) is 7.46. The third-order valence-corrected chi connectivity index (χ3v) is 6.19. The minimum atomic E-state index is 0.667.